The Hall–Kier alpha value is -1.99. The van der Waals surface area contributed by atoms with Crippen LogP contribution >= 0.6 is 22.9 Å². The molecule has 4 aromatic heterocycles. The molecule has 31 heavy (non-hydrogen) atoms. The zero-order chi connectivity index (χ0) is 21.9. The number of halogens is 1. The number of aryl methyl sites for hydroxylation is 4. The van der Waals surface area contributed by atoms with E-state index < -0.39 is 0 Å². The average Bonchev–Trinajstić information content (AvgIpc) is 3.41. The smallest absolute Gasteiger partial charge is 0.167 e. The van der Waals surface area contributed by atoms with E-state index in [2.05, 4.69) is 25.9 Å². The van der Waals surface area contributed by atoms with Gasteiger partial charge in [0.05, 0.1) is 21.8 Å². The molecule has 6 nitrogen and oxygen atoms in total. The predicted molar refractivity (Wildman–Crippen MR) is 126 cm³/mol. The molecule has 4 aromatic rings. The molecule has 0 bridgehead atoms. The second kappa shape index (κ2) is 7.55. The molecule has 1 aliphatic rings. The van der Waals surface area contributed by atoms with Gasteiger partial charge in [0, 0.05) is 17.8 Å². The molecule has 0 radical (unpaired) electrons. The minimum absolute atomic E-state index is 0.379. The average molecular weight is 457 g/mol. The molecule has 0 N–H and O–H groups in total. The van der Waals surface area contributed by atoms with Crippen LogP contribution in [0.2, 0.25) is 5.02 Å². The van der Waals surface area contributed by atoms with E-state index in [1.807, 2.05) is 40.7 Å². The Morgan fingerprint density at radius 1 is 1.26 bits per heavy atom. The third kappa shape index (κ3) is 3.46. The van der Waals surface area contributed by atoms with Crippen LogP contribution in [0.25, 0.3) is 15.9 Å². The lowest BCUT2D eigenvalue weighted by Crippen LogP contribution is -2.28. The second-order valence-electron chi connectivity index (χ2n) is 9.46. The van der Waals surface area contributed by atoms with Gasteiger partial charge in [-0.15, -0.1) is 16.4 Å². The molecule has 0 amide bonds. The SMILES string of the molecule is CCC(C)(C)C1CCc2c(sc3ncn4nc(CCn5nc(C)c(Cl)c5C)nc4c23)C1. The van der Waals surface area contributed by atoms with Gasteiger partial charge in [-0.2, -0.15) is 5.10 Å². The van der Waals surface area contributed by atoms with Crippen molar-refractivity contribution >= 4 is 38.8 Å². The summed E-state index contributed by atoms with van der Waals surface area (Å²) in [6.07, 6.45) is 7.24. The minimum atomic E-state index is 0.379. The van der Waals surface area contributed by atoms with E-state index in [0.717, 1.165) is 51.5 Å². The number of aromatic nitrogens is 6. The molecule has 4 heterocycles. The van der Waals surface area contributed by atoms with Gasteiger partial charge in [-0.1, -0.05) is 38.8 Å². The van der Waals surface area contributed by atoms with Gasteiger partial charge in [-0.05, 0) is 50.0 Å². The number of thiophene rings is 1. The Labute approximate surface area is 191 Å². The minimum Gasteiger partial charge on any atom is -0.268 e. The Morgan fingerprint density at radius 2 is 2.06 bits per heavy atom. The van der Waals surface area contributed by atoms with E-state index >= 15 is 0 Å². The maximum absolute atomic E-state index is 6.29. The Bertz CT molecular complexity index is 1280. The first-order chi connectivity index (χ1) is 14.8. The van der Waals surface area contributed by atoms with Crippen molar-refractivity contribution in [1.82, 2.24) is 29.4 Å². The first kappa shape index (κ1) is 20.9. The molecule has 8 heteroatoms. The van der Waals surface area contributed by atoms with Crippen LogP contribution in [-0.4, -0.2) is 29.4 Å². The van der Waals surface area contributed by atoms with Crippen molar-refractivity contribution in [2.24, 2.45) is 11.3 Å². The van der Waals surface area contributed by atoms with Crippen molar-refractivity contribution in [2.75, 3.05) is 0 Å². The molecule has 1 unspecified atom stereocenters. The fourth-order valence-corrected chi connectivity index (χ4v) is 6.18. The maximum atomic E-state index is 6.29. The molecule has 5 rings (SSSR count). The lowest BCUT2D eigenvalue weighted by molar-refractivity contribution is 0.184. The Kier molecular flexibility index (Phi) is 5.09. The molecule has 0 aliphatic heterocycles. The van der Waals surface area contributed by atoms with Crippen LogP contribution < -0.4 is 0 Å². The van der Waals surface area contributed by atoms with E-state index in [4.69, 9.17) is 26.7 Å². The highest BCUT2D eigenvalue weighted by molar-refractivity contribution is 7.19. The summed E-state index contributed by atoms with van der Waals surface area (Å²) in [5, 5.41) is 11.2. The number of nitrogens with zero attached hydrogens (tertiary/aromatic N) is 6. The molecule has 0 saturated carbocycles. The first-order valence-corrected chi connectivity index (χ1v) is 12.3. The lowest BCUT2D eigenvalue weighted by atomic mass is 9.70. The molecular formula is C23H29ClN6S. The van der Waals surface area contributed by atoms with Gasteiger partial charge >= 0.3 is 0 Å². The normalized spacial score (nSPS) is 17.0. The fourth-order valence-electron chi connectivity index (χ4n) is 4.78. The highest BCUT2D eigenvalue weighted by Gasteiger charge is 2.33. The second-order valence-corrected chi connectivity index (χ2v) is 10.9. The summed E-state index contributed by atoms with van der Waals surface area (Å²) in [4.78, 5) is 12.2. The topological polar surface area (TPSA) is 60.9 Å². The van der Waals surface area contributed by atoms with Gasteiger partial charge in [-0.3, -0.25) is 4.68 Å². The van der Waals surface area contributed by atoms with Gasteiger partial charge in [-0.25, -0.2) is 14.5 Å². The van der Waals surface area contributed by atoms with Crippen molar-refractivity contribution in [3.8, 4) is 0 Å². The van der Waals surface area contributed by atoms with Gasteiger partial charge in [0.15, 0.2) is 11.5 Å². The molecular weight excluding hydrogens is 428 g/mol. The van der Waals surface area contributed by atoms with Gasteiger partial charge < -0.3 is 0 Å². The monoisotopic (exact) mass is 456 g/mol. The van der Waals surface area contributed by atoms with E-state index in [1.54, 1.807) is 0 Å². The van der Waals surface area contributed by atoms with E-state index in [1.165, 1.54) is 28.7 Å². The molecule has 0 spiro atoms. The summed E-state index contributed by atoms with van der Waals surface area (Å²) < 4.78 is 3.79. The number of fused-ring (bicyclic) bond motifs is 5. The van der Waals surface area contributed by atoms with Crippen LogP contribution in [0.3, 0.4) is 0 Å². The van der Waals surface area contributed by atoms with Gasteiger partial charge in [0.2, 0.25) is 0 Å². The Morgan fingerprint density at radius 3 is 2.77 bits per heavy atom. The van der Waals surface area contributed by atoms with Crippen LogP contribution in [0.1, 0.15) is 61.3 Å². The maximum Gasteiger partial charge on any atom is 0.167 e. The molecule has 0 aromatic carbocycles. The summed E-state index contributed by atoms with van der Waals surface area (Å²) in [5.74, 6) is 1.55. The van der Waals surface area contributed by atoms with E-state index in [9.17, 15) is 0 Å². The van der Waals surface area contributed by atoms with Crippen molar-refractivity contribution in [1.29, 1.82) is 0 Å². The summed E-state index contributed by atoms with van der Waals surface area (Å²) >= 11 is 8.14. The summed E-state index contributed by atoms with van der Waals surface area (Å²) in [7, 11) is 0. The van der Waals surface area contributed by atoms with Crippen LogP contribution in [0.4, 0.5) is 0 Å². The number of rotatable bonds is 5. The molecule has 1 aliphatic carbocycles. The lowest BCUT2D eigenvalue weighted by Gasteiger charge is -2.36. The number of hydrogen-bond acceptors (Lipinski definition) is 5. The standard InChI is InChI=1S/C23H29ClN6S/c1-6-23(4,5)15-7-8-16-17(11-15)31-22-19(16)21-26-18(28-30(21)12-25-22)9-10-29-14(3)20(24)13(2)27-29/h12,15H,6-11H2,1-5H3. The van der Waals surface area contributed by atoms with Crippen LogP contribution in [0.5, 0.6) is 0 Å². The third-order valence-electron chi connectivity index (χ3n) is 7.29. The molecule has 0 saturated heterocycles. The predicted octanol–water partition coefficient (Wildman–Crippen LogP) is 5.59. The summed E-state index contributed by atoms with van der Waals surface area (Å²) in [6, 6.07) is 0. The molecule has 164 valence electrons. The Balaban J connectivity index is 1.47. The third-order valence-corrected chi connectivity index (χ3v) is 9.00. The van der Waals surface area contributed by atoms with Gasteiger partial charge in [0.1, 0.15) is 11.2 Å². The van der Waals surface area contributed by atoms with Crippen molar-refractivity contribution in [2.45, 2.75) is 73.3 Å². The van der Waals surface area contributed by atoms with Crippen molar-refractivity contribution in [3.63, 3.8) is 0 Å². The van der Waals surface area contributed by atoms with Crippen LogP contribution in [0.15, 0.2) is 6.33 Å². The highest BCUT2D eigenvalue weighted by atomic mass is 35.5. The van der Waals surface area contributed by atoms with Crippen molar-refractivity contribution < 1.29 is 0 Å². The highest BCUT2D eigenvalue weighted by Crippen LogP contribution is 2.44. The molecule has 0 fully saturated rings. The van der Waals surface area contributed by atoms with E-state index in [-0.39, 0.29) is 0 Å². The largest absolute Gasteiger partial charge is 0.268 e. The van der Waals surface area contributed by atoms with Crippen LogP contribution in [0, 0.1) is 25.2 Å². The van der Waals surface area contributed by atoms with Crippen LogP contribution in [-0.2, 0) is 25.8 Å². The first-order valence-electron chi connectivity index (χ1n) is 11.1. The molecule has 1 atom stereocenters. The zero-order valence-corrected chi connectivity index (χ0v) is 20.4. The summed E-state index contributed by atoms with van der Waals surface area (Å²) in [5.41, 5.74) is 4.62. The quantitative estimate of drug-likeness (QED) is 0.392. The summed E-state index contributed by atoms with van der Waals surface area (Å²) in [6.45, 7) is 11.8. The van der Waals surface area contributed by atoms with Crippen molar-refractivity contribution in [3.05, 3.63) is 39.0 Å². The fraction of sp³-hybridized carbons (Fsp3) is 0.565. The number of hydrogen-bond donors (Lipinski definition) is 0. The van der Waals surface area contributed by atoms with E-state index in [0.29, 0.717) is 18.4 Å². The van der Waals surface area contributed by atoms with Gasteiger partial charge in [0.25, 0.3) is 0 Å². The zero-order valence-electron chi connectivity index (χ0n) is 18.9.